The van der Waals surface area contributed by atoms with Crippen molar-refractivity contribution in [2.75, 3.05) is 0 Å². The molecular weight excluding hydrogens is 344 g/mol. The number of carbonyl (C=O) groups is 1. The van der Waals surface area contributed by atoms with E-state index >= 15 is 0 Å². The van der Waals surface area contributed by atoms with Gasteiger partial charge >= 0.3 is 0 Å². The van der Waals surface area contributed by atoms with E-state index in [0.717, 1.165) is 17.0 Å². The zero-order valence-electron chi connectivity index (χ0n) is 15.0. The highest BCUT2D eigenvalue weighted by Gasteiger charge is 2.06. The summed E-state index contributed by atoms with van der Waals surface area (Å²) < 4.78 is 1.92. The Hall–Kier alpha value is -3.61. The van der Waals surface area contributed by atoms with E-state index in [1.807, 2.05) is 36.7 Å². The molecule has 0 aliphatic rings. The predicted octanol–water partition coefficient (Wildman–Crippen LogP) is 2.72. The number of aromatic hydroxyl groups is 2. The maximum absolute atomic E-state index is 12.2. The first-order chi connectivity index (χ1) is 12.9. The summed E-state index contributed by atoms with van der Waals surface area (Å²) in [6, 6.07) is 13.3. The summed E-state index contributed by atoms with van der Waals surface area (Å²) in [7, 11) is 0. The van der Waals surface area contributed by atoms with Crippen LogP contribution in [0.15, 0.2) is 53.6 Å². The molecule has 1 aromatic heterocycles. The van der Waals surface area contributed by atoms with Gasteiger partial charge in [0.15, 0.2) is 0 Å². The van der Waals surface area contributed by atoms with Gasteiger partial charge in [-0.25, -0.2) is 5.43 Å². The van der Waals surface area contributed by atoms with Gasteiger partial charge in [-0.2, -0.15) is 10.2 Å². The molecule has 1 amide bonds. The van der Waals surface area contributed by atoms with Gasteiger partial charge in [0.2, 0.25) is 0 Å². The monoisotopic (exact) mass is 364 g/mol. The molecule has 7 nitrogen and oxygen atoms in total. The summed E-state index contributed by atoms with van der Waals surface area (Å²) in [6.45, 7) is 4.60. The van der Waals surface area contributed by atoms with Gasteiger partial charge in [0.1, 0.15) is 11.5 Å². The molecule has 0 saturated heterocycles. The number of aromatic nitrogens is 2. The average Bonchev–Trinajstić information content (AvgIpc) is 2.94. The molecule has 0 unspecified atom stereocenters. The van der Waals surface area contributed by atoms with Crippen molar-refractivity contribution in [2.24, 2.45) is 5.10 Å². The standard InChI is InChI=1S/C20H20N4O3/c1-13-9-14(2)24(23-13)12-15-3-5-16(6-4-15)20(27)22-21-11-17-7-8-18(25)10-19(17)26/h3-11,25-26H,12H2,1-2H3,(H,22,27). The van der Waals surface area contributed by atoms with Crippen LogP contribution in [-0.2, 0) is 6.54 Å². The van der Waals surface area contributed by atoms with Crippen LogP contribution in [0.5, 0.6) is 11.5 Å². The second-order valence-corrected chi connectivity index (χ2v) is 6.22. The Balaban J connectivity index is 1.62. The average molecular weight is 364 g/mol. The molecule has 0 aliphatic carbocycles. The maximum atomic E-state index is 12.2. The molecule has 0 fully saturated rings. The quantitative estimate of drug-likeness (QED) is 0.479. The van der Waals surface area contributed by atoms with Gasteiger partial charge in [0.25, 0.3) is 5.91 Å². The van der Waals surface area contributed by atoms with Gasteiger partial charge in [-0.05, 0) is 49.7 Å². The number of nitrogens with zero attached hydrogens (tertiary/aromatic N) is 3. The second kappa shape index (κ2) is 7.74. The molecule has 3 aromatic rings. The molecule has 27 heavy (non-hydrogen) atoms. The molecule has 7 heteroatoms. The van der Waals surface area contributed by atoms with Crippen molar-refractivity contribution in [1.82, 2.24) is 15.2 Å². The lowest BCUT2D eigenvalue weighted by Crippen LogP contribution is -2.17. The van der Waals surface area contributed by atoms with Gasteiger partial charge in [-0.15, -0.1) is 0 Å². The van der Waals surface area contributed by atoms with Gasteiger partial charge in [-0.3, -0.25) is 9.48 Å². The van der Waals surface area contributed by atoms with Crippen LogP contribution in [0, 0.1) is 13.8 Å². The Kier molecular flexibility index (Phi) is 5.21. The zero-order valence-corrected chi connectivity index (χ0v) is 15.0. The minimum Gasteiger partial charge on any atom is -0.508 e. The Bertz CT molecular complexity index is 991. The lowest BCUT2D eigenvalue weighted by Gasteiger charge is -2.06. The van der Waals surface area contributed by atoms with E-state index in [9.17, 15) is 15.0 Å². The first-order valence-electron chi connectivity index (χ1n) is 8.38. The summed E-state index contributed by atoms with van der Waals surface area (Å²) in [5.41, 5.74) is 6.36. The van der Waals surface area contributed by atoms with Crippen molar-refractivity contribution in [3.63, 3.8) is 0 Å². The molecule has 0 bridgehead atoms. The highest BCUT2D eigenvalue weighted by molar-refractivity contribution is 5.95. The van der Waals surface area contributed by atoms with Gasteiger partial charge in [0.05, 0.1) is 18.5 Å². The molecule has 3 rings (SSSR count). The van der Waals surface area contributed by atoms with Gasteiger partial charge < -0.3 is 10.2 Å². The lowest BCUT2D eigenvalue weighted by molar-refractivity contribution is 0.0955. The fraction of sp³-hybridized carbons (Fsp3) is 0.150. The number of phenolic OH excluding ortho intramolecular Hbond substituents is 2. The smallest absolute Gasteiger partial charge is 0.271 e. The number of amides is 1. The van der Waals surface area contributed by atoms with Crippen LogP contribution in [0.25, 0.3) is 0 Å². The summed E-state index contributed by atoms with van der Waals surface area (Å²) >= 11 is 0. The van der Waals surface area contributed by atoms with Crippen molar-refractivity contribution in [3.8, 4) is 11.5 Å². The molecular formula is C20H20N4O3. The van der Waals surface area contributed by atoms with Crippen molar-refractivity contribution in [2.45, 2.75) is 20.4 Å². The Labute approximate surface area is 156 Å². The first kappa shape index (κ1) is 18.2. The topological polar surface area (TPSA) is 99.7 Å². The fourth-order valence-corrected chi connectivity index (χ4v) is 2.64. The lowest BCUT2D eigenvalue weighted by atomic mass is 10.1. The van der Waals surface area contributed by atoms with Crippen LogP contribution >= 0.6 is 0 Å². The van der Waals surface area contributed by atoms with E-state index in [1.54, 1.807) is 12.1 Å². The third-order valence-electron chi connectivity index (χ3n) is 4.04. The third kappa shape index (κ3) is 4.52. The summed E-state index contributed by atoms with van der Waals surface area (Å²) in [4.78, 5) is 12.2. The Morgan fingerprint density at radius 3 is 2.52 bits per heavy atom. The van der Waals surface area contributed by atoms with E-state index in [4.69, 9.17) is 0 Å². The van der Waals surface area contributed by atoms with Crippen molar-refractivity contribution < 1.29 is 15.0 Å². The van der Waals surface area contributed by atoms with E-state index in [-0.39, 0.29) is 17.4 Å². The number of hydrogen-bond acceptors (Lipinski definition) is 5. The SMILES string of the molecule is Cc1cc(C)n(Cc2ccc(C(=O)NN=Cc3ccc(O)cc3O)cc2)n1. The van der Waals surface area contributed by atoms with E-state index < -0.39 is 0 Å². The Morgan fingerprint density at radius 1 is 1.15 bits per heavy atom. The third-order valence-corrected chi connectivity index (χ3v) is 4.04. The van der Waals surface area contributed by atoms with Crippen LogP contribution in [0.4, 0.5) is 0 Å². The minimum absolute atomic E-state index is 0.0470. The first-order valence-corrected chi connectivity index (χ1v) is 8.38. The summed E-state index contributed by atoms with van der Waals surface area (Å²) in [6.07, 6.45) is 1.31. The highest BCUT2D eigenvalue weighted by Crippen LogP contribution is 2.20. The number of benzene rings is 2. The van der Waals surface area contributed by atoms with Crippen LogP contribution < -0.4 is 5.43 Å². The van der Waals surface area contributed by atoms with Crippen LogP contribution in [0.2, 0.25) is 0 Å². The molecule has 0 radical (unpaired) electrons. The molecule has 0 atom stereocenters. The van der Waals surface area contributed by atoms with Crippen molar-refractivity contribution in [1.29, 1.82) is 0 Å². The number of nitrogens with one attached hydrogen (secondary N) is 1. The molecule has 0 saturated carbocycles. The summed E-state index contributed by atoms with van der Waals surface area (Å²) in [5.74, 6) is -0.530. The number of aryl methyl sites for hydroxylation is 2. The molecule has 1 heterocycles. The molecule has 3 N–H and O–H groups in total. The number of hydrogen-bond donors (Lipinski definition) is 3. The second-order valence-electron chi connectivity index (χ2n) is 6.22. The zero-order chi connectivity index (χ0) is 19.4. The number of rotatable bonds is 5. The summed E-state index contributed by atoms with van der Waals surface area (Å²) in [5, 5.41) is 27.2. The molecule has 0 spiro atoms. The maximum Gasteiger partial charge on any atom is 0.271 e. The van der Waals surface area contributed by atoms with Crippen molar-refractivity contribution in [3.05, 3.63) is 76.6 Å². The fourth-order valence-electron chi connectivity index (χ4n) is 2.64. The van der Waals surface area contributed by atoms with Crippen molar-refractivity contribution >= 4 is 12.1 Å². The number of phenols is 2. The molecule has 138 valence electrons. The van der Waals surface area contributed by atoms with E-state index in [0.29, 0.717) is 17.7 Å². The number of hydrazone groups is 1. The molecule has 2 aromatic carbocycles. The number of carbonyl (C=O) groups excluding carboxylic acids is 1. The predicted molar refractivity (Wildman–Crippen MR) is 102 cm³/mol. The van der Waals surface area contributed by atoms with Gasteiger partial charge in [-0.1, -0.05) is 12.1 Å². The minimum atomic E-state index is -0.359. The van der Waals surface area contributed by atoms with Gasteiger partial charge in [0, 0.05) is 22.9 Å². The van der Waals surface area contributed by atoms with E-state index in [2.05, 4.69) is 15.6 Å². The Morgan fingerprint density at radius 2 is 1.89 bits per heavy atom. The molecule has 0 aliphatic heterocycles. The van der Waals surface area contributed by atoms with E-state index in [1.165, 1.54) is 24.4 Å². The normalized spacial score (nSPS) is 11.0. The van der Waals surface area contributed by atoms with Crippen LogP contribution in [0.1, 0.15) is 32.9 Å². The highest BCUT2D eigenvalue weighted by atomic mass is 16.3. The van der Waals surface area contributed by atoms with Crippen LogP contribution in [0.3, 0.4) is 0 Å². The van der Waals surface area contributed by atoms with Crippen LogP contribution in [-0.4, -0.2) is 32.1 Å². The largest absolute Gasteiger partial charge is 0.508 e.